The molecule has 4 nitrogen and oxygen atoms in total. The maximum absolute atomic E-state index is 12.2. The zero-order chi connectivity index (χ0) is 29.3. The van der Waals surface area contributed by atoms with Crippen molar-refractivity contribution in [1.29, 1.82) is 0 Å². The summed E-state index contributed by atoms with van der Waals surface area (Å²) in [6, 6.07) is 13.3. The Balaban J connectivity index is 0.000000225. The minimum atomic E-state index is -7.43. The Morgan fingerprint density at radius 2 is 1.33 bits per heavy atom. The minimum absolute atomic E-state index is 0.394. The van der Waals surface area contributed by atoms with Crippen molar-refractivity contribution >= 4 is 31.8 Å². The zero-order valence-corrected chi connectivity index (χ0v) is 21.9. The SMILES string of the molecule is O=S(=O)([O-])C(F)(F)C(F)(F)C(F)(F)C(F)(F)F.c1ccc2c([S+]3CCCC3)c(OC3CCCCC3)ccc2c1. The van der Waals surface area contributed by atoms with Crippen LogP contribution in [0, 0.1) is 0 Å². The number of hydrogen-bond donors (Lipinski definition) is 0. The molecule has 39 heavy (non-hydrogen) atoms. The Morgan fingerprint density at radius 3 is 1.87 bits per heavy atom. The normalized spacial score (nSPS) is 18.6. The summed E-state index contributed by atoms with van der Waals surface area (Å²) < 4.78 is 142. The number of halogens is 9. The van der Waals surface area contributed by atoms with Gasteiger partial charge in [0.15, 0.2) is 15.9 Å². The highest BCUT2D eigenvalue weighted by Gasteiger charge is 2.83. The van der Waals surface area contributed by atoms with Gasteiger partial charge in [0.25, 0.3) is 0 Å². The number of alkyl halides is 9. The maximum Gasteiger partial charge on any atom is 0.460 e. The second-order valence-corrected chi connectivity index (χ2v) is 12.8. The lowest BCUT2D eigenvalue weighted by Gasteiger charge is -2.34. The molecule has 2 aliphatic rings. The number of ether oxygens (including phenoxy) is 1. The summed E-state index contributed by atoms with van der Waals surface area (Å²) in [6.45, 7) is 0. The molecule has 1 saturated heterocycles. The Morgan fingerprint density at radius 1 is 0.769 bits per heavy atom. The van der Waals surface area contributed by atoms with E-state index in [0.717, 1.165) is 0 Å². The van der Waals surface area contributed by atoms with Gasteiger partial charge in [-0.05, 0) is 56.0 Å². The lowest BCUT2D eigenvalue weighted by Crippen LogP contribution is -2.63. The van der Waals surface area contributed by atoms with Gasteiger partial charge in [0.2, 0.25) is 4.90 Å². The van der Waals surface area contributed by atoms with Gasteiger partial charge in [-0.1, -0.05) is 30.7 Å². The molecule has 15 heteroatoms. The van der Waals surface area contributed by atoms with Gasteiger partial charge in [-0.15, -0.1) is 0 Å². The van der Waals surface area contributed by atoms with Crippen LogP contribution in [0.2, 0.25) is 0 Å². The van der Waals surface area contributed by atoms with E-state index in [1.807, 2.05) is 0 Å². The van der Waals surface area contributed by atoms with E-state index < -0.39 is 33.4 Å². The molecule has 1 saturated carbocycles. The quantitative estimate of drug-likeness (QED) is 0.195. The second kappa shape index (κ2) is 11.6. The van der Waals surface area contributed by atoms with Crippen LogP contribution < -0.4 is 4.74 Å². The van der Waals surface area contributed by atoms with Crippen molar-refractivity contribution in [3.8, 4) is 5.75 Å². The predicted octanol–water partition coefficient (Wildman–Crippen LogP) is 7.28. The summed E-state index contributed by atoms with van der Waals surface area (Å²) in [5.41, 5.74) is 0. The van der Waals surface area contributed by atoms with E-state index in [4.69, 9.17) is 4.74 Å². The Hall–Kier alpha value is -1.87. The van der Waals surface area contributed by atoms with E-state index in [0.29, 0.717) is 17.0 Å². The van der Waals surface area contributed by atoms with Crippen molar-refractivity contribution in [2.75, 3.05) is 11.5 Å². The summed E-state index contributed by atoms with van der Waals surface area (Å²) in [4.78, 5) is 1.53. The van der Waals surface area contributed by atoms with Gasteiger partial charge in [0.1, 0.15) is 11.5 Å². The molecule has 0 amide bonds. The van der Waals surface area contributed by atoms with E-state index >= 15 is 0 Å². The number of benzene rings is 2. The van der Waals surface area contributed by atoms with Gasteiger partial charge in [-0.3, -0.25) is 0 Å². The van der Waals surface area contributed by atoms with Crippen LogP contribution >= 0.6 is 0 Å². The molecule has 0 atom stereocenters. The van der Waals surface area contributed by atoms with Crippen molar-refractivity contribution in [3.63, 3.8) is 0 Å². The Bertz CT molecular complexity index is 1240. The van der Waals surface area contributed by atoms with Crippen molar-refractivity contribution in [3.05, 3.63) is 36.4 Å². The fourth-order valence-electron chi connectivity index (χ4n) is 4.35. The molecule has 2 aromatic rings. The van der Waals surface area contributed by atoms with Crippen LogP contribution in [-0.2, 0) is 21.0 Å². The Kier molecular flexibility index (Phi) is 9.38. The fraction of sp³-hybridized carbons (Fsp3) is 0.583. The molecule has 1 heterocycles. The van der Waals surface area contributed by atoms with Crippen LogP contribution in [0.3, 0.4) is 0 Å². The molecule has 0 N–H and O–H groups in total. The molecular formula is C24H25F9O4S2. The molecule has 2 aromatic carbocycles. The van der Waals surface area contributed by atoms with Crippen LogP contribution in [0.1, 0.15) is 44.9 Å². The van der Waals surface area contributed by atoms with E-state index in [-0.39, 0.29) is 0 Å². The highest BCUT2D eigenvalue weighted by molar-refractivity contribution is 7.97. The van der Waals surface area contributed by atoms with Gasteiger partial charge < -0.3 is 9.29 Å². The molecule has 4 rings (SSSR count). The summed E-state index contributed by atoms with van der Waals surface area (Å²) in [6.07, 6.45) is 2.57. The fourth-order valence-corrected chi connectivity index (χ4v) is 7.41. The minimum Gasteiger partial charge on any atom is -0.743 e. The van der Waals surface area contributed by atoms with Gasteiger partial charge in [0, 0.05) is 16.3 Å². The first kappa shape index (κ1) is 31.7. The molecule has 1 aliphatic heterocycles. The molecule has 0 radical (unpaired) electrons. The summed E-state index contributed by atoms with van der Waals surface area (Å²) in [5, 5.41) is -4.31. The van der Waals surface area contributed by atoms with E-state index in [1.54, 1.807) is 0 Å². The molecule has 2 fully saturated rings. The van der Waals surface area contributed by atoms with E-state index in [1.165, 1.54) is 77.9 Å². The number of fused-ring (bicyclic) bond motifs is 1. The van der Waals surface area contributed by atoms with Crippen molar-refractivity contribution < 1.29 is 57.2 Å². The van der Waals surface area contributed by atoms with Gasteiger partial charge in [0.05, 0.1) is 6.10 Å². The van der Waals surface area contributed by atoms with Gasteiger partial charge >= 0.3 is 23.3 Å². The molecule has 0 spiro atoms. The topological polar surface area (TPSA) is 66.4 Å². The highest BCUT2D eigenvalue weighted by atomic mass is 32.2. The summed E-state index contributed by atoms with van der Waals surface area (Å²) in [5.74, 6) is -10.9. The van der Waals surface area contributed by atoms with E-state index in [9.17, 15) is 52.5 Å². The van der Waals surface area contributed by atoms with Crippen molar-refractivity contribution in [2.24, 2.45) is 0 Å². The highest BCUT2D eigenvalue weighted by Crippen LogP contribution is 2.54. The molecule has 0 aromatic heterocycles. The first-order chi connectivity index (χ1) is 17.9. The van der Waals surface area contributed by atoms with E-state index in [2.05, 4.69) is 36.4 Å². The summed E-state index contributed by atoms with van der Waals surface area (Å²) >= 11 is 0. The van der Waals surface area contributed by atoms with Crippen LogP contribution in [0.15, 0.2) is 41.3 Å². The third kappa shape index (κ3) is 6.39. The van der Waals surface area contributed by atoms with Crippen LogP contribution in [0.4, 0.5) is 39.5 Å². The smallest absolute Gasteiger partial charge is 0.460 e. The molecule has 0 unspecified atom stereocenters. The average molecular weight is 613 g/mol. The number of hydrogen-bond acceptors (Lipinski definition) is 4. The van der Waals surface area contributed by atoms with Crippen molar-refractivity contribution in [2.45, 2.75) is 79.2 Å². The third-order valence-electron chi connectivity index (χ3n) is 6.44. The molecule has 1 aliphatic carbocycles. The molecule has 0 bridgehead atoms. The van der Waals surface area contributed by atoms with Crippen molar-refractivity contribution in [1.82, 2.24) is 0 Å². The van der Waals surface area contributed by atoms with Gasteiger partial charge in [-0.2, -0.15) is 39.5 Å². The maximum atomic E-state index is 12.2. The monoisotopic (exact) mass is 612 g/mol. The lowest BCUT2D eigenvalue weighted by molar-refractivity contribution is -0.382. The number of rotatable bonds is 6. The molecule has 220 valence electrons. The third-order valence-corrected chi connectivity index (χ3v) is 9.89. The Labute approximate surface area is 222 Å². The first-order valence-electron chi connectivity index (χ1n) is 11.9. The second-order valence-electron chi connectivity index (χ2n) is 9.22. The van der Waals surface area contributed by atoms with Gasteiger partial charge in [-0.25, -0.2) is 8.42 Å². The van der Waals surface area contributed by atoms with Crippen LogP contribution in [0.25, 0.3) is 10.8 Å². The largest absolute Gasteiger partial charge is 0.743 e. The molecular weight excluding hydrogens is 587 g/mol. The lowest BCUT2D eigenvalue weighted by atomic mass is 9.98. The zero-order valence-electron chi connectivity index (χ0n) is 20.3. The van der Waals surface area contributed by atoms with Crippen LogP contribution in [0.5, 0.6) is 5.75 Å². The predicted molar refractivity (Wildman–Crippen MR) is 127 cm³/mol. The standard InChI is InChI=1S/C20H25OS.C4HF9O3S/c1-2-9-17(10-3-1)21-19-13-12-16-8-4-5-11-18(16)20(19)22-14-6-7-15-22;5-1(6,3(9,10)11)2(7,8)4(12,13)17(14,15)16/h4-5,8,11-13,17H,1-3,6-7,9-10,14-15H2;(H,14,15,16)/q+1;/p-1. The average Bonchev–Trinajstić information content (AvgIpc) is 3.38. The first-order valence-corrected chi connectivity index (χ1v) is 14.9. The van der Waals surface area contributed by atoms with Crippen LogP contribution in [-0.4, -0.2) is 53.9 Å². The summed E-state index contributed by atoms with van der Waals surface area (Å²) in [7, 11) is -7.02.